The third kappa shape index (κ3) is 5.02. The van der Waals surface area contributed by atoms with E-state index >= 15 is 0 Å². The number of carbonyl (C=O) groups is 1. The number of aryl methyl sites for hydroxylation is 2. The number of rotatable bonds is 7. The molecule has 0 heterocycles. The third-order valence-corrected chi connectivity index (χ3v) is 3.42. The first-order valence-corrected chi connectivity index (χ1v) is 7.07. The molecule has 20 heavy (non-hydrogen) atoms. The SMILES string of the molecule is Cc1cc(C)c(N(CCC(=O)O)CCN(C)C)c(Cl)c1. The number of likely N-dealkylation sites (N-methyl/N-ethyl adjacent to an activating group) is 1. The lowest BCUT2D eigenvalue weighted by Crippen LogP contribution is -2.34. The number of carboxylic acids is 1. The fraction of sp³-hybridized carbons (Fsp3) is 0.533. The van der Waals surface area contributed by atoms with Crippen LogP contribution in [0.1, 0.15) is 17.5 Å². The minimum atomic E-state index is -0.791. The maximum atomic E-state index is 10.8. The molecule has 0 bridgehead atoms. The highest BCUT2D eigenvalue weighted by Crippen LogP contribution is 2.31. The van der Waals surface area contributed by atoms with Crippen LogP contribution in [-0.2, 0) is 4.79 Å². The molecular formula is C15H23ClN2O2. The maximum Gasteiger partial charge on any atom is 0.305 e. The standard InChI is InChI=1S/C15H23ClN2O2/c1-11-9-12(2)15(13(16)10-11)18(6-5-14(19)20)8-7-17(3)4/h9-10H,5-8H2,1-4H3,(H,19,20). The van der Waals surface area contributed by atoms with Gasteiger partial charge in [0.15, 0.2) is 0 Å². The summed E-state index contributed by atoms with van der Waals surface area (Å²) in [5.74, 6) is -0.791. The lowest BCUT2D eigenvalue weighted by atomic mass is 10.1. The second kappa shape index (κ2) is 7.50. The molecule has 1 N–H and O–H groups in total. The highest BCUT2D eigenvalue weighted by molar-refractivity contribution is 6.33. The van der Waals surface area contributed by atoms with Crippen molar-refractivity contribution in [3.05, 3.63) is 28.3 Å². The van der Waals surface area contributed by atoms with E-state index in [2.05, 4.69) is 15.9 Å². The summed E-state index contributed by atoms with van der Waals surface area (Å²) < 4.78 is 0. The summed E-state index contributed by atoms with van der Waals surface area (Å²) in [7, 11) is 4.00. The average Bonchev–Trinajstić information content (AvgIpc) is 2.29. The van der Waals surface area contributed by atoms with Gasteiger partial charge in [0.25, 0.3) is 0 Å². The Balaban J connectivity index is 2.99. The van der Waals surface area contributed by atoms with Crippen LogP contribution in [0.15, 0.2) is 12.1 Å². The maximum absolute atomic E-state index is 10.8. The van der Waals surface area contributed by atoms with Gasteiger partial charge in [-0.2, -0.15) is 0 Å². The van der Waals surface area contributed by atoms with E-state index in [-0.39, 0.29) is 6.42 Å². The molecule has 0 aromatic heterocycles. The Kier molecular flexibility index (Phi) is 6.30. The van der Waals surface area contributed by atoms with Crippen molar-refractivity contribution in [2.24, 2.45) is 0 Å². The smallest absolute Gasteiger partial charge is 0.305 e. The van der Waals surface area contributed by atoms with E-state index in [4.69, 9.17) is 16.7 Å². The third-order valence-electron chi connectivity index (χ3n) is 3.13. The van der Waals surface area contributed by atoms with Crippen molar-refractivity contribution in [3.8, 4) is 0 Å². The molecule has 0 atom stereocenters. The fourth-order valence-corrected chi connectivity index (χ4v) is 2.64. The number of aliphatic carboxylic acids is 1. The molecule has 1 aromatic rings. The largest absolute Gasteiger partial charge is 0.481 e. The summed E-state index contributed by atoms with van der Waals surface area (Å²) >= 11 is 6.36. The summed E-state index contributed by atoms with van der Waals surface area (Å²) in [6, 6.07) is 4.00. The Morgan fingerprint density at radius 2 is 1.85 bits per heavy atom. The topological polar surface area (TPSA) is 43.8 Å². The van der Waals surface area contributed by atoms with E-state index in [1.54, 1.807) is 0 Å². The van der Waals surface area contributed by atoms with E-state index in [9.17, 15) is 4.79 Å². The molecule has 0 radical (unpaired) electrons. The number of hydrogen-bond donors (Lipinski definition) is 1. The molecule has 0 saturated heterocycles. The van der Waals surface area contributed by atoms with Crippen molar-refractivity contribution in [1.29, 1.82) is 0 Å². The molecule has 0 aliphatic heterocycles. The van der Waals surface area contributed by atoms with E-state index in [0.717, 1.165) is 29.9 Å². The van der Waals surface area contributed by atoms with Gasteiger partial charge in [-0.25, -0.2) is 0 Å². The van der Waals surface area contributed by atoms with Crippen LogP contribution in [0, 0.1) is 13.8 Å². The molecule has 0 aliphatic carbocycles. The number of benzene rings is 1. The summed E-state index contributed by atoms with van der Waals surface area (Å²) in [6.45, 7) is 6.08. The van der Waals surface area contributed by atoms with E-state index in [1.807, 2.05) is 34.0 Å². The van der Waals surface area contributed by atoms with Gasteiger partial charge in [0.05, 0.1) is 17.1 Å². The first-order chi connectivity index (χ1) is 9.31. The lowest BCUT2D eigenvalue weighted by Gasteiger charge is -2.28. The van der Waals surface area contributed by atoms with Gasteiger partial charge in [-0.15, -0.1) is 0 Å². The number of anilines is 1. The molecule has 0 aliphatic rings. The van der Waals surface area contributed by atoms with Crippen LogP contribution in [0.4, 0.5) is 5.69 Å². The van der Waals surface area contributed by atoms with Gasteiger partial charge in [0.1, 0.15) is 0 Å². The summed E-state index contributed by atoms with van der Waals surface area (Å²) in [5, 5.41) is 9.59. The summed E-state index contributed by atoms with van der Waals surface area (Å²) in [5.41, 5.74) is 3.14. The van der Waals surface area contributed by atoms with E-state index < -0.39 is 5.97 Å². The normalized spacial score (nSPS) is 10.9. The van der Waals surface area contributed by atoms with E-state index in [0.29, 0.717) is 11.6 Å². The van der Waals surface area contributed by atoms with Crippen molar-refractivity contribution in [2.45, 2.75) is 20.3 Å². The number of hydrogen-bond acceptors (Lipinski definition) is 3. The van der Waals surface area contributed by atoms with Gasteiger partial charge < -0.3 is 14.9 Å². The molecule has 4 nitrogen and oxygen atoms in total. The number of halogens is 1. The van der Waals surface area contributed by atoms with Gasteiger partial charge in [-0.3, -0.25) is 4.79 Å². The monoisotopic (exact) mass is 298 g/mol. The molecule has 0 spiro atoms. The second-order valence-corrected chi connectivity index (χ2v) is 5.75. The van der Waals surface area contributed by atoms with Crippen LogP contribution in [0.2, 0.25) is 5.02 Å². The highest BCUT2D eigenvalue weighted by Gasteiger charge is 2.15. The molecular weight excluding hydrogens is 276 g/mol. The van der Waals surface area contributed by atoms with Crippen LogP contribution in [0.3, 0.4) is 0 Å². The fourth-order valence-electron chi connectivity index (χ4n) is 2.20. The Labute approximate surface area is 125 Å². The van der Waals surface area contributed by atoms with Gasteiger partial charge in [0, 0.05) is 19.6 Å². The predicted octanol–water partition coefficient (Wildman–Crippen LogP) is 2.80. The molecule has 0 fully saturated rings. The molecule has 0 unspecified atom stereocenters. The van der Waals surface area contributed by atoms with Crippen molar-refractivity contribution in [1.82, 2.24) is 4.90 Å². The molecule has 5 heteroatoms. The number of nitrogens with zero attached hydrogens (tertiary/aromatic N) is 2. The average molecular weight is 299 g/mol. The number of carboxylic acid groups (broad SMARTS) is 1. The Morgan fingerprint density at radius 3 is 2.35 bits per heavy atom. The van der Waals surface area contributed by atoms with Crippen LogP contribution >= 0.6 is 11.6 Å². The quantitative estimate of drug-likeness (QED) is 0.841. The van der Waals surface area contributed by atoms with Crippen LogP contribution in [0.25, 0.3) is 0 Å². The Morgan fingerprint density at radius 1 is 1.20 bits per heavy atom. The van der Waals surface area contributed by atoms with Gasteiger partial charge in [-0.1, -0.05) is 17.7 Å². The predicted molar refractivity (Wildman–Crippen MR) is 83.9 cm³/mol. The summed E-state index contributed by atoms with van der Waals surface area (Å²) in [4.78, 5) is 15.0. The van der Waals surface area contributed by atoms with Crippen molar-refractivity contribution in [3.63, 3.8) is 0 Å². The van der Waals surface area contributed by atoms with Crippen LogP contribution in [0.5, 0.6) is 0 Å². The van der Waals surface area contributed by atoms with Crippen LogP contribution < -0.4 is 4.90 Å². The highest BCUT2D eigenvalue weighted by atomic mass is 35.5. The molecule has 0 saturated carbocycles. The first kappa shape index (κ1) is 16.8. The first-order valence-electron chi connectivity index (χ1n) is 6.69. The molecule has 112 valence electrons. The Hall–Kier alpha value is -1.26. The lowest BCUT2D eigenvalue weighted by molar-refractivity contribution is -0.136. The minimum absolute atomic E-state index is 0.108. The van der Waals surface area contributed by atoms with Gasteiger partial charge in [-0.05, 0) is 45.1 Å². The molecule has 1 rings (SSSR count). The summed E-state index contributed by atoms with van der Waals surface area (Å²) in [6.07, 6.45) is 0.108. The van der Waals surface area contributed by atoms with E-state index in [1.165, 1.54) is 0 Å². The van der Waals surface area contributed by atoms with Gasteiger partial charge >= 0.3 is 5.97 Å². The van der Waals surface area contributed by atoms with Crippen molar-refractivity contribution < 1.29 is 9.90 Å². The molecule has 1 aromatic carbocycles. The zero-order chi connectivity index (χ0) is 15.3. The van der Waals surface area contributed by atoms with Crippen molar-refractivity contribution >= 4 is 23.3 Å². The van der Waals surface area contributed by atoms with Gasteiger partial charge in [0.2, 0.25) is 0 Å². The zero-order valence-corrected chi connectivity index (χ0v) is 13.4. The zero-order valence-electron chi connectivity index (χ0n) is 12.6. The Bertz CT molecular complexity index is 452. The van der Waals surface area contributed by atoms with Crippen LogP contribution in [-0.4, -0.2) is 49.7 Å². The minimum Gasteiger partial charge on any atom is -0.481 e. The molecule has 0 amide bonds. The van der Waals surface area contributed by atoms with Crippen molar-refractivity contribution in [2.75, 3.05) is 38.6 Å². The second-order valence-electron chi connectivity index (χ2n) is 5.35.